The Hall–Kier alpha value is -5.48. The summed E-state index contributed by atoms with van der Waals surface area (Å²) in [6, 6.07) is 4.89. The number of ether oxygens (including phenoxy) is 6. The van der Waals surface area contributed by atoms with E-state index in [9.17, 15) is 29.4 Å². The number of aliphatic hydroxyl groups excluding tert-OH is 2. The molecule has 4 aliphatic heterocycles. The molecule has 2 N–H and O–H groups in total. The lowest BCUT2D eigenvalue weighted by atomic mass is 10.1. The molecule has 0 spiro atoms. The van der Waals surface area contributed by atoms with Gasteiger partial charge in [-0.15, -0.1) is 0 Å². The summed E-state index contributed by atoms with van der Waals surface area (Å²) in [5.41, 5.74) is 0.679. The maximum Gasteiger partial charge on any atom is 0.416 e. The lowest BCUT2D eigenvalue weighted by molar-refractivity contribution is 0.0495. The third-order valence-corrected chi connectivity index (χ3v) is 10.2. The van der Waals surface area contributed by atoms with Crippen LogP contribution >= 0.6 is 0 Å². The number of fused-ring (bicyclic) bond motifs is 4. The van der Waals surface area contributed by atoms with E-state index in [2.05, 4.69) is 13.2 Å². The SMILES string of the molecule is C=CCOC(=O)N1c2cc(OCCCCCOc3cc4c(cc3OC)C(=O)N3CCC[C@H]3[C@H](O)N4C(=O)OCC=C)c(OC)cc2C(=O)N2CCC[C@H]2[C@@H]1O. The highest BCUT2D eigenvalue weighted by molar-refractivity contribution is 6.07. The molecule has 0 unspecified atom stereocenters. The zero-order chi connectivity index (χ0) is 39.2. The Bertz CT molecular complexity index is 1670. The molecule has 6 rings (SSSR count). The van der Waals surface area contributed by atoms with E-state index in [1.165, 1.54) is 50.6 Å². The van der Waals surface area contributed by atoms with Gasteiger partial charge in [-0.2, -0.15) is 0 Å². The Morgan fingerprint density at radius 3 is 1.49 bits per heavy atom. The van der Waals surface area contributed by atoms with E-state index in [0.717, 1.165) is 9.80 Å². The number of hydrogen-bond donors (Lipinski definition) is 2. The van der Waals surface area contributed by atoms with Crippen LogP contribution in [0.1, 0.15) is 65.7 Å². The van der Waals surface area contributed by atoms with Gasteiger partial charge in [0.25, 0.3) is 11.8 Å². The first kappa shape index (κ1) is 39.2. The first-order valence-electron chi connectivity index (χ1n) is 18.5. The predicted octanol–water partition coefficient (Wildman–Crippen LogP) is 4.46. The minimum atomic E-state index is -1.33. The Balaban J connectivity index is 1.12. The highest BCUT2D eigenvalue weighted by Gasteiger charge is 2.47. The monoisotopic (exact) mass is 764 g/mol. The summed E-state index contributed by atoms with van der Waals surface area (Å²) in [5, 5.41) is 22.7. The lowest BCUT2D eigenvalue weighted by Gasteiger charge is -2.31. The van der Waals surface area contributed by atoms with Crippen molar-refractivity contribution in [1.29, 1.82) is 0 Å². The standard InChI is InChI=1S/C39H48N4O12/c1-5-16-54-38(48)42-28-22-32(30(50-3)20-24(28)34(44)40-14-10-12-26(40)36(42)46)52-18-8-7-9-19-53-33-23-29-25(21-31(33)51-4)35(45)41-15-11-13-27(41)37(47)43(29)39(49)55-17-6-2/h5-6,20-23,26-27,36-37,46-47H,1-2,7-19H2,3-4H3/t26-,27-,36-,37-/m0/s1. The van der Waals surface area contributed by atoms with Gasteiger partial charge in [-0.1, -0.05) is 25.3 Å². The first-order valence-corrected chi connectivity index (χ1v) is 18.5. The smallest absolute Gasteiger partial charge is 0.416 e. The number of methoxy groups -OCH3 is 2. The molecule has 2 aromatic rings. The number of hydrogen-bond acceptors (Lipinski definition) is 12. The highest BCUT2D eigenvalue weighted by Crippen LogP contribution is 2.43. The van der Waals surface area contributed by atoms with Crippen LogP contribution in [0.25, 0.3) is 0 Å². The van der Waals surface area contributed by atoms with Crippen molar-refractivity contribution in [1.82, 2.24) is 9.80 Å². The van der Waals surface area contributed by atoms with Crippen molar-refractivity contribution < 1.29 is 57.8 Å². The minimum Gasteiger partial charge on any atom is -0.493 e. The number of amides is 4. The minimum absolute atomic E-state index is 0.0761. The van der Waals surface area contributed by atoms with E-state index in [4.69, 9.17) is 28.4 Å². The van der Waals surface area contributed by atoms with Crippen LogP contribution in [0.15, 0.2) is 49.6 Å². The average molecular weight is 765 g/mol. The van der Waals surface area contributed by atoms with E-state index in [0.29, 0.717) is 69.5 Å². The van der Waals surface area contributed by atoms with Gasteiger partial charge >= 0.3 is 12.2 Å². The van der Waals surface area contributed by atoms with Crippen LogP contribution in [0.2, 0.25) is 0 Å². The molecule has 296 valence electrons. The molecule has 55 heavy (non-hydrogen) atoms. The van der Waals surface area contributed by atoms with Gasteiger partial charge in [0.15, 0.2) is 35.5 Å². The summed E-state index contributed by atoms with van der Waals surface area (Å²) >= 11 is 0. The fourth-order valence-electron chi connectivity index (χ4n) is 7.59. The summed E-state index contributed by atoms with van der Waals surface area (Å²) < 4.78 is 33.9. The summed E-state index contributed by atoms with van der Waals surface area (Å²) in [7, 11) is 2.91. The Labute approximate surface area is 319 Å². The number of rotatable bonds is 14. The topological polar surface area (TPSA) is 177 Å². The van der Waals surface area contributed by atoms with Crippen LogP contribution < -0.4 is 28.7 Å². The Morgan fingerprint density at radius 2 is 1.11 bits per heavy atom. The fourth-order valence-corrected chi connectivity index (χ4v) is 7.59. The van der Waals surface area contributed by atoms with Gasteiger partial charge in [0.05, 0.1) is 62.0 Å². The molecule has 4 aliphatic rings. The molecular weight excluding hydrogens is 716 g/mol. The summed E-state index contributed by atoms with van der Waals surface area (Å²) in [6.45, 7) is 8.42. The van der Waals surface area contributed by atoms with E-state index in [-0.39, 0.29) is 72.2 Å². The molecule has 2 fully saturated rings. The molecule has 16 heteroatoms. The largest absolute Gasteiger partial charge is 0.493 e. The number of aliphatic hydroxyl groups is 2. The lowest BCUT2D eigenvalue weighted by Crippen LogP contribution is -2.50. The van der Waals surface area contributed by atoms with Crippen LogP contribution in [0, 0.1) is 0 Å². The van der Waals surface area contributed by atoms with Gasteiger partial charge in [0.1, 0.15) is 13.2 Å². The highest BCUT2D eigenvalue weighted by atomic mass is 16.6. The molecule has 0 aromatic heterocycles. The van der Waals surface area contributed by atoms with Crippen LogP contribution in [0.3, 0.4) is 0 Å². The van der Waals surface area contributed by atoms with Crippen molar-refractivity contribution in [2.75, 3.05) is 63.5 Å². The molecule has 4 atom stereocenters. The predicted molar refractivity (Wildman–Crippen MR) is 199 cm³/mol. The summed E-state index contributed by atoms with van der Waals surface area (Å²) in [6.07, 6.45) is 2.83. The molecule has 2 saturated heterocycles. The van der Waals surface area contributed by atoms with Gasteiger partial charge in [0, 0.05) is 25.2 Å². The normalized spacial score (nSPS) is 21.4. The number of unbranched alkanes of at least 4 members (excludes halogenated alkanes) is 2. The number of carbonyl (C=O) groups excluding carboxylic acids is 4. The number of anilines is 2. The van der Waals surface area contributed by atoms with Gasteiger partial charge in [0.2, 0.25) is 0 Å². The van der Waals surface area contributed by atoms with Crippen molar-refractivity contribution in [2.24, 2.45) is 0 Å². The second kappa shape index (κ2) is 17.3. The Morgan fingerprint density at radius 1 is 0.691 bits per heavy atom. The van der Waals surface area contributed by atoms with E-state index in [1.54, 1.807) is 9.80 Å². The van der Waals surface area contributed by atoms with Gasteiger partial charge in [-0.3, -0.25) is 9.59 Å². The van der Waals surface area contributed by atoms with Gasteiger partial charge < -0.3 is 48.4 Å². The first-order chi connectivity index (χ1) is 26.6. The van der Waals surface area contributed by atoms with E-state index >= 15 is 0 Å². The second-order valence-electron chi connectivity index (χ2n) is 13.5. The van der Waals surface area contributed by atoms with Crippen molar-refractivity contribution in [2.45, 2.75) is 69.5 Å². The van der Waals surface area contributed by atoms with Crippen LogP contribution in [-0.2, 0) is 9.47 Å². The molecule has 16 nitrogen and oxygen atoms in total. The van der Waals surface area contributed by atoms with Crippen molar-refractivity contribution >= 4 is 35.4 Å². The van der Waals surface area contributed by atoms with Crippen molar-refractivity contribution in [3.63, 3.8) is 0 Å². The van der Waals surface area contributed by atoms with Gasteiger partial charge in [-0.25, -0.2) is 19.4 Å². The van der Waals surface area contributed by atoms with Crippen molar-refractivity contribution in [3.05, 3.63) is 60.7 Å². The molecular formula is C39H48N4O12. The molecule has 0 radical (unpaired) electrons. The molecule has 0 bridgehead atoms. The average Bonchev–Trinajstić information content (AvgIpc) is 3.87. The quantitative estimate of drug-likeness (QED) is 0.204. The molecule has 4 heterocycles. The van der Waals surface area contributed by atoms with Crippen LogP contribution in [0.5, 0.6) is 23.0 Å². The third kappa shape index (κ3) is 7.73. The zero-order valence-corrected chi connectivity index (χ0v) is 31.1. The second-order valence-corrected chi connectivity index (χ2v) is 13.5. The van der Waals surface area contributed by atoms with Crippen LogP contribution in [0.4, 0.5) is 21.0 Å². The summed E-state index contributed by atoms with van der Waals surface area (Å²) in [5.74, 6) is 0.505. The fraction of sp³-hybridized carbons (Fsp3) is 0.487. The Kier molecular flexibility index (Phi) is 12.4. The number of nitrogens with zero attached hydrogens (tertiary/aromatic N) is 4. The maximum atomic E-state index is 13.6. The van der Waals surface area contributed by atoms with Crippen LogP contribution in [-0.4, -0.2) is 122 Å². The summed E-state index contributed by atoms with van der Waals surface area (Å²) in [4.78, 5) is 59.0. The molecule has 0 saturated carbocycles. The molecule has 2 aromatic carbocycles. The molecule has 4 amide bonds. The van der Waals surface area contributed by atoms with Gasteiger partial charge in [-0.05, 0) is 57.1 Å². The van der Waals surface area contributed by atoms with E-state index in [1.807, 2.05) is 0 Å². The van der Waals surface area contributed by atoms with Crippen molar-refractivity contribution in [3.8, 4) is 23.0 Å². The number of benzene rings is 2. The number of carbonyl (C=O) groups is 4. The third-order valence-electron chi connectivity index (χ3n) is 10.2. The molecule has 0 aliphatic carbocycles. The zero-order valence-electron chi connectivity index (χ0n) is 31.1. The maximum absolute atomic E-state index is 13.6. The van der Waals surface area contributed by atoms with E-state index < -0.39 is 36.7 Å².